The van der Waals surface area contributed by atoms with Crippen LogP contribution in [0.1, 0.15) is 60.7 Å². The first-order chi connectivity index (χ1) is 18.1. The summed E-state index contributed by atoms with van der Waals surface area (Å²) in [5.41, 5.74) is 8.46. The molecule has 1 unspecified atom stereocenters. The van der Waals surface area contributed by atoms with E-state index in [1.54, 1.807) is 32.9 Å². The fraction of sp³-hybridized carbons (Fsp3) is 0.483. The van der Waals surface area contributed by atoms with Crippen LogP contribution in [-0.4, -0.2) is 65.5 Å². The summed E-state index contributed by atoms with van der Waals surface area (Å²) in [6.45, 7) is 10.2. The predicted octanol–water partition coefficient (Wildman–Crippen LogP) is 3.03. The highest BCUT2D eigenvalue weighted by molar-refractivity contribution is 6.01. The van der Waals surface area contributed by atoms with Crippen molar-refractivity contribution in [2.75, 3.05) is 26.3 Å². The van der Waals surface area contributed by atoms with Crippen LogP contribution in [0.3, 0.4) is 0 Å². The Morgan fingerprint density at radius 3 is 2.39 bits per heavy atom. The van der Waals surface area contributed by atoms with Crippen LogP contribution < -0.4 is 10.5 Å². The van der Waals surface area contributed by atoms with Crippen molar-refractivity contribution in [3.8, 4) is 5.75 Å². The average Bonchev–Trinajstić information content (AvgIpc) is 3.20. The van der Waals surface area contributed by atoms with E-state index in [4.69, 9.17) is 19.9 Å². The Labute approximate surface area is 223 Å². The topological polar surface area (TPSA) is 111 Å². The molecule has 1 atom stereocenters. The van der Waals surface area contributed by atoms with Crippen LogP contribution in [0.25, 0.3) is 0 Å². The first kappa shape index (κ1) is 27.6. The number of morpholine rings is 1. The minimum atomic E-state index is -0.922. The minimum absolute atomic E-state index is 0.0180. The molecule has 38 heavy (non-hydrogen) atoms. The van der Waals surface area contributed by atoms with Gasteiger partial charge in [-0.25, -0.2) is 0 Å². The van der Waals surface area contributed by atoms with Crippen LogP contribution in [-0.2, 0) is 38.8 Å². The number of nitrogens with two attached hydrogens (primary N) is 1. The maximum atomic E-state index is 13.2. The Kier molecular flexibility index (Phi) is 8.69. The molecule has 9 nitrogen and oxygen atoms in total. The van der Waals surface area contributed by atoms with Crippen LogP contribution in [0.4, 0.5) is 0 Å². The first-order valence-electron chi connectivity index (χ1n) is 13.1. The Morgan fingerprint density at radius 2 is 1.74 bits per heavy atom. The van der Waals surface area contributed by atoms with Crippen molar-refractivity contribution in [2.24, 2.45) is 5.73 Å². The lowest BCUT2D eigenvalue weighted by Gasteiger charge is -2.26. The molecule has 0 aliphatic carbocycles. The number of primary amides is 1. The van der Waals surface area contributed by atoms with E-state index < -0.39 is 23.5 Å². The highest BCUT2D eigenvalue weighted by Gasteiger charge is 2.37. The Morgan fingerprint density at radius 1 is 1.05 bits per heavy atom. The monoisotopic (exact) mass is 523 g/mol. The van der Waals surface area contributed by atoms with E-state index in [0.717, 1.165) is 38.4 Å². The van der Waals surface area contributed by atoms with Gasteiger partial charge in [0, 0.05) is 37.2 Å². The molecule has 2 amide bonds. The van der Waals surface area contributed by atoms with Crippen molar-refractivity contribution in [3.63, 3.8) is 0 Å². The van der Waals surface area contributed by atoms with Crippen LogP contribution in [0.2, 0.25) is 0 Å². The van der Waals surface area contributed by atoms with Gasteiger partial charge in [-0.1, -0.05) is 30.3 Å². The molecule has 2 aromatic rings. The zero-order valence-corrected chi connectivity index (χ0v) is 22.4. The zero-order chi connectivity index (χ0) is 27.3. The zero-order valence-electron chi connectivity index (χ0n) is 22.4. The minimum Gasteiger partial charge on any atom is -0.489 e. The second-order valence-corrected chi connectivity index (χ2v) is 10.8. The summed E-state index contributed by atoms with van der Waals surface area (Å²) >= 11 is 0. The van der Waals surface area contributed by atoms with E-state index in [1.807, 2.05) is 6.07 Å². The largest absolute Gasteiger partial charge is 0.489 e. The number of carbonyl (C=O) groups excluding carboxylic acids is 3. The third-order valence-electron chi connectivity index (χ3n) is 6.63. The van der Waals surface area contributed by atoms with E-state index in [0.29, 0.717) is 23.5 Å². The first-order valence-corrected chi connectivity index (χ1v) is 13.1. The van der Waals surface area contributed by atoms with E-state index in [1.165, 1.54) is 10.5 Å². The van der Waals surface area contributed by atoms with Crippen LogP contribution >= 0.6 is 0 Å². The molecule has 2 aliphatic rings. The van der Waals surface area contributed by atoms with E-state index in [9.17, 15) is 14.4 Å². The molecule has 2 aliphatic heterocycles. The molecule has 1 fully saturated rings. The fourth-order valence-electron chi connectivity index (χ4n) is 4.73. The normalized spacial score (nSPS) is 16.7. The van der Waals surface area contributed by atoms with Crippen LogP contribution in [0.15, 0.2) is 42.5 Å². The second-order valence-electron chi connectivity index (χ2n) is 10.8. The molecule has 204 valence electrons. The summed E-state index contributed by atoms with van der Waals surface area (Å²) in [6.07, 6.45) is 0.0762. The van der Waals surface area contributed by atoms with Gasteiger partial charge in [-0.15, -0.1) is 0 Å². The SMILES string of the molecule is CC(C)(C)OC(=O)CCC(C(N)=O)N1Cc2c(OCc3ccc(CN4CCOCC4)cc3)cccc2C1=O. The third-order valence-corrected chi connectivity index (χ3v) is 6.63. The Balaban J connectivity index is 1.38. The Bertz CT molecular complexity index is 1150. The standard InChI is InChI=1S/C29H37N3O6/c1-29(2,3)38-26(33)12-11-24(27(30)34)32-18-23-22(28(32)35)5-4-6-25(23)37-19-21-9-7-20(8-10-21)17-31-13-15-36-16-14-31/h4-10,24H,11-19H2,1-3H3,(H2,30,34). The summed E-state index contributed by atoms with van der Waals surface area (Å²) in [6, 6.07) is 12.7. The number of fused-ring (bicyclic) bond motifs is 1. The highest BCUT2D eigenvalue weighted by atomic mass is 16.6. The molecule has 0 spiro atoms. The summed E-state index contributed by atoms with van der Waals surface area (Å²) in [5.74, 6) is -0.806. The van der Waals surface area contributed by atoms with Crippen LogP contribution in [0, 0.1) is 0 Å². The van der Waals surface area contributed by atoms with Crippen molar-refractivity contribution >= 4 is 17.8 Å². The smallest absolute Gasteiger partial charge is 0.306 e. The molecule has 0 radical (unpaired) electrons. The molecule has 0 bridgehead atoms. The molecule has 9 heteroatoms. The van der Waals surface area contributed by atoms with Crippen molar-refractivity contribution in [1.82, 2.24) is 9.80 Å². The van der Waals surface area contributed by atoms with Crippen molar-refractivity contribution < 1.29 is 28.6 Å². The Hall–Kier alpha value is -3.43. The van der Waals surface area contributed by atoms with Gasteiger partial charge in [0.2, 0.25) is 5.91 Å². The number of esters is 1. The molecule has 2 aromatic carbocycles. The third kappa shape index (κ3) is 7.11. The van der Waals surface area contributed by atoms with E-state index in [2.05, 4.69) is 29.2 Å². The second kappa shape index (κ2) is 12.0. The summed E-state index contributed by atoms with van der Waals surface area (Å²) in [4.78, 5) is 41.4. The number of amides is 2. The number of carbonyl (C=O) groups is 3. The maximum Gasteiger partial charge on any atom is 0.306 e. The number of nitrogens with zero attached hydrogens (tertiary/aromatic N) is 2. The quantitative estimate of drug-likeness (QED) is 0.477. The number of rotatable bonds is 10. The lowest BCUT2D eigenvalue weighted by molar-refractivity contribution is -0.155. The number of benzene rings is 2. The van der Waals surface area contributed by atoms with Gasteiger partial charge >= 0.3 is 5.97 Å². The molecule has 0 aromatic heterocycles. The molecular weight excluding hydrogens is 486 g/mol. The van der Waals surface area contributed by atoms with Gasteiger partial charge in [0.25, 0.3) is 5.91 Å². The fourth-order valence-corrected chi connectivity index (χ4v) is 4.73. The van der Waals surface area contributed by atoms with Gasteiger partial charge in [-0.05, 0) is 50.5 Å². The summed E-state index contributed by atoms with van der Waals surface area (Å²) in [5, 5.41) is 0. The van der Waals surface area contributed by atoms with Gasteiger partial charge in [0.15, 0.2) is 0 Å². The van der Waals surface area contributed by atoms with Gasteiger partial charge in [-0.3, -0.25) is 19.3 Å². The van der Waals surface area contributed by atoms with Gasteiger partial charge in [-0.2, -0.15) is 0 Å². The molecule has 1 saturated heterocycles. The number of ether oxygens (including phenoxy) is 3. The summed E-state index contributed by atoms with van der Waals surface area (Å²) < 4.78 is 16.9. The van der Waals surface area contributed by atoms with E-state index >= 15 is 0 Å². The molecule has 4 rings (SSSR count). The van der Waals surface area contributed by atoms with Crippen LogP contribution in [0.5, 0.6) is 5.75 Å². The average molecular weight is 524 g/mol. The molecule has 0 saturated carbocycles. The lowest BCUT2D eigenvalue weighted by Crippen LogP contribution is -2.45. The van der Waals surface area contributed by atoms with Gasteiger partial charge in [0.1, 0.15) is 24.0 Å². The number of hydrogen-bond acceptors (Lipinski definition) is 7. The maximum absolute atomic E-state index is 13.2. The highest BCUT2D eigenvalue weighted by Crippen LogP contribution is 2.33. The molecular formula is C29H37N3O6. The van der Waals surface area contributed by atoms with Crippen molar-refractivity contribution in [1.29, 1.82) is 0 Å². The summed E-state index contributed by atoms with van der Waals surface area (Å²) in [7, 11) is 0. The lowest BCUT2D eigenvalue weighted by atomic mass is 10.1. The number of hydrogen-bond donors (Lipinski definition) is 1. The van der Waals surface area contributed by atoms with E-state index in [-0.39, 0.29) is 25.3 Å². The van der Waals surface area contributed by atoms with Crippen molar-refractivity contribution in [3.05, 3.63) is 64.7 Å². The van der Waals surface area contributed by atoms with Gasteiger partial charge in [0.05, 0.1) is 19.8 Å². The van der Waals surface area contributed by atoms with Gasteiger partial charge < -0.3 is 24.8 Å². The predicted molar refractivity (Wildman–Crippen MR) is 141 cm³/mol. The van der Waals surface area contributed by atoms with Crippen molar-refractivity contribution in [2.45, 2.75) is 65.0 Å². The molecule has 2 N–H and O–H groups in total. The molecule has 2 heterocycles.